The SMILES string of the molecule is CN(C)CCCNS(=O)(=O)CCC(F)(F)C(F)(F)C(F)(F)C(F)(F)F. The highest BCUT2D eigenvalue weighted by Crippen LogP contribution is 2.53. The lowest BCUT2D eigenvalue weighted by Crippen LogP contribution is -2.61. The Morgan fingerprint density at radius 2 is 1.36 bits per heavy atom. The normalized spacial score (nSPS) is 15.0. The Morgan fingerprint density at radius 1 is 0.880 bits per heavy atom. The summed E-state index contributed by atoms with van der Waals surface area (Å²) >= 11 is 0. The fourth-order valence-electron chi connectivity index (χ4n) is 1.52. The molecule has 0 heterocycles. The minimum Gasteiger partial charge on any atom is -0.309 e. The molecule has 0 aliphatic carbocycles. The van der Waals surface area contributed by atoms with Gasteiger partial charge in [0.2, 0.25) is 10.0 Å². The predicted octanol–water partition coefficient (Wildman–Crippen LogP) is 2.72. The molecule has 0 unspecified atom stereocenters. The van der Waals surface area contributed by atoms with Crippen LogP contribution in [0.15, 0.2) is 0 Å². The van der Waals surface area contributed by atoms with Crippen molar-refractivity contribution < 1.29 is 47.9 Å². The van der Waals surface area contributed by atoms with E-state index < -0.39 is 46.1 Å². The van der Waals surface area contributed by atoms with Crippen LogP contribution < -0.4 is 4.72 Å². The second kappa shape index (κ2) is 7.86. The Bertz CT molecular complexity index is 532. The van der Waals surface area contributed by atoms with E-state index in [1.807, 2.05) is 0 Å². The molecule has 0 saturated heterocycles. The molecule has 14 heteroatoms. The molecule has 0 aromatic heterocycles. The van der Waals surface area contributed by atoms with Crippen LogP contribution in [0.25, 0.3) is 0 Å². The number of nitrogens with one attached hydrogen (secondary N) is 1. The van der Waals surface area contributed by atoms with Crippen molar-refractivity contribution in [2.24, 2.45) is 0 Å². The number of nitrogens with zero attached hydrogens (tertiary/aromatic N) is 1. The Hall–Kier alpha value is -0.760. The highest BCUT2D eigenvalue weighted by atomic mass is 32.2. The first-order chi connectivity index (χ1) is 10.9. The van der Waals surface area contributed by atoms with Crippen LogP contribution in [0, 0.1) is 0 Å². The quantitative estimate of drug-likeness (QED) is 0.444. The summed E-state index contributed by atoms with van der Waals surface area (Å²) in [5.41, 5.74) is 0. The fraction of sp³-hybridized carbons (Fsp3) is 1.00. The smallest absolute Gasteiger partial charge is 0.309 e. The average molecular weight is 412 g/mol. The van der Waals surface area contributed by atoms with Crippen molar-refractivity contribution in [3.8, 4) is 0 Å². The van der Waals surface area contributed by atoms with Crippen molar-refractivity contribution in [3.05, 3.63) is 0 Å². The van der Waals surface area contributed by atoms with Gasteiger partial charge in [-0.15, -0.1) is 0 Å². The van der Waals surface area contributed by atoms with E-state index in [-0.39, 0.29) is 13.0 Å². The molecule has 0 spiro atoms. The third kappa shape index (κ3) is 6.16. The van der Waals surface area contributed by atoms with Gasteiger partial charge in [0.05, 0.1) is 5.75 Å². The van der Waals surface area contributed by atoms with Crippen LogP contribution in [0.4, 0.5) is 39.5 Å². The van der Waals surface area contributed by atoms with E-state index in [0.717, 1.165) is 0 Å². The largest absolute Gasteiger partial charge is 0.460 e. The minimum atomic E-state index is -7.02. The van der Waals surface area contributed by atoms with Gasteiger partial charge in [-0.05, 0) is 27.1 Å². The zero-order chi connectivity index (χ0) is 20.3. The third-order valence-corrected chi connectivity index (χ3v) is 4.38. The first-order valence-electron chi connectivity index (χ1n) is 6.69. The number of alkyl halides is 9. The van der Waals surface area contributed by atoms with E-state index in [0.29, 0.717) is 6.54 Å². The molecule has 0 saturated carbocycles. The van der Waals surface area contributed by atoms with Crippen molar-refractivity contribution in [2.45, 2.75) is 36.8 Å². The van der Waals surface area contributed by atoms with Crippen molar-refractivity contribution in [2.75, 3.05) is 32.9 Å². The van der Waals surface area contributed by atoms with Gasteiger partial charge in [-0.2, -0.15) is 39.5 Å². The van der Waals surface area contributed by atoms with Gasteiger partial charge in [-0.3, -0.25) is 0 Å². The number of hydrogen-bond acceptors (Lipinski definition) is 3. The maximum Gasteiger partial charge on any atom is 0.460 e. The molecular formula is C11H17F9N2O2S. The van der Waals surface area contributed by atoms with Crippen LogP contribution in [-0.2, 0) is 10.0 Å². The van der Waals surface area contributed by atoms with Crippen LogP contribution in [0.3, 0.4) is 0 Å². The van der Waals surface area contributed by atoms with E-state index in [1.54, 1.807) is 23.7 Å². The fourth-order valence-corrected chi connectivity index (χ4v) is 2.65. The summed E-state index contributed by atoms with van der Waals surface area (Å²) < 4.78 is 138. The molecule has 25 heavy (non-hydrogen) atoms. The molecule has 0 aliphatic heterocycles. The summed E-state index contributed by atoms with van der Waals surface area (Å²) in [6.07, 6.45) is -9.11. The lowest BCUT2D eigenvalue weighted by atomic mass is 10.0. The number of rotatable bonds is 10. The summed E-state index contributed by atoms with van der Waals surface area (Å²) in [6, 6.07) is 0. The summed E-state index contributed by atoms with van der Waals surface area (Å²) in [4.78, 5) is 1.65. The maximum atomic E-state index is 13.2. The van der Waals surface area contributed by atoms with Crippen LogP contribution in [0.1, 0.15) is 12.8 Å². The number of sulfonamides is 1. The predicted molar refractivity (Wildman–Crippen MR) is 70.5 cm³/mol. The second-order valence-electron chi connectivity index (χ2n) is 5.47. The van der Waals surface area contributed by atoms with Gasteiger partial charge in [-0.25, -0.2) is 13.1 Å². The standard InChI is InChI=1S/C11H17F9N2O2S/c1-22(2)6-3-5-21-25(23,24)7-4-8(12,13)9(14,15)10(16,17)11(18,19)20/h21H,3-7H2,1-2H3. The molecular weight excluding hydrogens is 395 g/mol. The van der Waals surface area contributed by atoms with E-state index in [1.165, 1.54) is 0 Å². The Morgan fingerprint density at radius 3 is 1.76 bits per heavy atom. The summed E-state index contributed by atoms with van der Waals surface area (Å²) in [6.45, 7) is 0.149. The van der Waals surface area contributed by atoms with Crippen LogP contribution >= 0.6 is 0 Å². The number of hydrogen-bond donors (Lipinski definition) is 1. The van der Waals surface area contributed by atoms with E-state index >= 15 is 0 Å². The van der Waals surface area contributed by atoms with Crippen LogP contribution in [0.5, 0.6) is 0 Å². The van der Waals surface area contributed by atoms with Gasteiger partial charge in [0.15, 0.2) is 0 Å². The monoisotopic (exact) mass is 412 g/mol. The van der Waals surface area contributed by atoms with Crippen LogP contribution in [-0.4, -0.2) is 70.2 Å². The molecule has 0 aromatic rings. The minimum absolute atomic E-state index is 0.227. The Kier molecular flexibility index (Phi) is 7.62. The molecule has 0 aromatic carbocycles. The summed E-state index contributed by atoms with van der Waals surface area (Å²) in [7, 11) is -1.26. The molecule has 0 aliphatic rings. The van der Waals surface area contributed by atoms with E-state index in [9.17, 15) is 47.9 Å². The molecule has 0 rings (SSSR count). The second-order valence-corrected chi connectivity index (χ2v) is 7.40. The third-order valence-electron chi connectivity index (χ3n) is 3.00. The highest BCUT2D eigenvalue weighted by molar-refractivity contribution is 7.89. The van der Waals surface area contributed by atoms with Crippen LogP contribution in [0.2, 0.25) is 0 Å². The summed E-state index contributed by atoms with van der Waals surface area (Å²) in [5.74, 6) is -21.5. The molecule has 0 amide bonds. The van der Waals surface area contributed by atoms with Gasteiger partial charge in [0, 0.05) is 13.0 Å². The van der Waals surface area contributed by atoms with Gasteiger partial charge in [-0.1, -0.05) is 0 Å². The van der Waals surface area contributed by atoms with Crippen molar-refractivity contribution in [3.63, 3.8) is 0 Å². The van der Waals surface area contributed by atoms with E-state index in [2.05, 4.69) is 0 Å². The van der Waals surface area contributed by atoms with Crippen molar-refractivity contribution >= 4 is 10.0 Å². The Labute approximate surface area is 138 Å². The first kappa shape index (κ1) is 24.2. The topological polar surface area (TPSA) is 49.4 Å². The Balaban J connectivity index is 4.96. The molecule has 4 nitrogen and oxygen atoms in total. The zero-order valence-electron chi connectivity index (χ0n) is 13.1. The lowest BCUT2D eigenvalue weighted by molar-refractivity contribution is -0.396. The molecule has 0 bridgehead atoms. The van der Waals surface area contributed by atoms with Gasteiger partial charge < -0.3 is 4.90 Å². The molecule has 0 fully saturated rings. The van der Waals surface area contributed by atoms with Gasteiger partial charge in [0.1, 0.15) is 0 Å². The maximum absolute atomic E-state index is 13.2. The zero-order valence-corrected chi connectivity index (χ0v) is 13.9. The average Bonchev–Trinajstić information content (AvgIpc) is 2.40. The van der Waals surface area contributed by atoms with Crippen molar-refractivity contribution in [1.82, 2.24) is 9.62 Å². The molecule has 0 radical (unpaired) electrons. The molecule has 1 N–H and O–H groups in total. The first-order valence-corrected chi connectivity index (χ1v) is 8.35. The molecule has 152 valence electrons. The summed E-state index contributed by atoms with van der Waals surface area (Å²) in [5, 5.41) is 0. The highest BCUT2D eigenvalue weighted by Gasteiger charge is 2.81. The van der Waals surface area contributed by atoms with Gasteiger partial charge >= 0.3 is 23.9 Å². The van der Waals surface area contributed by atoms with Gasteiger partial charge in [0.25, 0.3) is 0 Å². The molecule has 0 atom stereocenters. The van der Waals surface area contributed by atoms with E-state index in [4.69, 9.17) is 0 Å². The van der Waals surface area contributed by atoms with Crippen molar-refractivity contribution in [1.29, 1.82) is 0 Å². The number of halogens is 9. The lowest BCUT2D eigenvalue weighted by Gasteiger charge is -2.33.